The van der Waals surface area contributed by atoms with E-state index in [1.165, 1.54) is 11.3 Å². The van der Waals surface area contributed by atoms with Crippen LogP contribution in [0.3, 0.4) is 0 Å². The second kappa shape index (κ2) is 8.65. The Balaban J connectivity index is 1.30. The second-order valence-corrected chi connectivity index (χ2v) is 7.54. The molecule has 0 bridgehead atoms. The number of rotatable bonds is 5. The molecule has 0 saturated carbocycles. The maximum atomic E-state index is 12.8. The van der Waals surface area contributed by atoms with Crippen molar-refractivity contribution in [3.05, 3.63) is 59.7 Å². The summed E-state index contributed by atoms with van der Waals surface area (Å²) in [5, 5.41) is 0. The molecule has 2 aromatic rings. The van der Waals surface area contributed by atoms with Gasteiger partial charge in [0.25, 0.3) is 5.91 Å². The van der Waals surface area contributed by atoms with Gasteiger partial charge in [0.1, 0.15) is 12.4 Å². The Kier molecular flexibility index (Phi) is 5.81. The fourth-order valence-corrected chi connectivity index (χ4v) is 3.91. The van der Waals surface area contributed by atoms with Gasteiger partial charge in [-0.15, -0.1) is 0 Å². The summed E-state index contributed by atoms with van der Waals surface area (Å²) in [6.07, 6.45) is 2.37. The quantitative estimate of drug-likeness (QED) is 0.796. The molecule has 5 heteroatoms. The van der Waals surface area contributed by atoms with Gasteiger partial charge in [0, 0.05) is 44.0 Å². The van der Waals surface area contributed by atoms with E-state index >= 15 is 0 Å². The van der Waals surface area contributed by atoms with Crippen LogP contribution in [0.1, 0.15) is 28.8 Å². The number of carbonyl (C=O) groups is 1. The lowest BCUT2D eigenvalue weighted by atomic mass is 10.1. The molecule has 2 fully saturated rings. The van der Waals surface area contributed by atoms with Gasteiger partial charge in [-0.3, -0.25) is 4.79 Å². The molecule has 0 aliphatic carbocycles. The molecule has 1 atom stereocenters. The first-order valence-electron chi connectivity index (χ1n) is 10.1. The van der Waals surface area contributed by atoms with Gasteiger partial charge in [-0.25, -0.2) is 0 Å². The number of nitrogens with zero attached hydrogens (tertiary/aromatic N) is 2. The molecule has 2 aliphatic rings. The fourth-order valence-electron chi connectivity index (χ4n) is 3.91. The van der Waals surface area contributed by atoms with Gasteiger partial charge in [0.15, 0.2) is 0 Å². The summed E-state index contributed by atoms with van der Waals surface area (Å²) in [7, 11) is 0. The minimum atomic E-state index is 0.0927. The number of carbonyl (C=O) groups excluding carboxylic acids is 1. The molecule has 28 heavy (non-hydrogen) atoms. The van der Waals surface area contributed by atoms with E-state index in [-0.39, 0.29) is 12.0 Å². The predicted molar refractivity (Wildman–Crippen MR) is 110 cm³/mol. The topological polar surface area (TPSA) is 42.0 Å². The zero-order valence-electron chi connectivity index (χ0n) is 16.5. The standard InChI is InChI=1S/C23H28N2O3/c1-18-5-2-3-7-22(18)24-12-14-25(15-13-24)23(26)19-8-10-20(11-9-19)28-17-21-6-4-16-27-21/h2-3,5,7-11,21H,4,6,12-17H2,1H3/t21-/m0/s1. The largest absolute Gasteiger partial charge is 0.491 e. The van der Waals surface area contributed by atoms with Crippen LogP contribution in [-0.4, -0.2) is 56.3 Å². The molecule has 2 aliphatic heterocycles. The van der Waals surface area contributed by atoms with Crippen LogP contribution in [0.15, 0.2) is 48.5 Å². The number of para-hydroxylation sites is 1. The third kappa shape index (κ3) is 4.30. The fraction of sp³-hybridized carbons (Fsp3) is 0.435. The van der Waals surface area contributed by atoms with Gasteiger partial charge in [-0.1, -0.05) is 18.2 Å². The number of hydrogen-bond acceptors (Lipinski definition) is 4. The molecular weight excluding hydrogens is 352 g/mol. The third-order valence-electron chi connectivity index (χ3n) is 5.58. The van der Waals surface area contributed by atoms with Gasteiger partial charge in [-0.2, -0.15) is 0 Å². The van der Waals surface area contributed by atoms with Gasteiger partial charge >= 0.3 is 0 Å². The van der Waals surface area contributed by atoms with E-state index in [0.29, 0.717) is 12.2 Å². The minimum absolute atomic E-state index is 0.0927. The third-order valence-corrected chi connectivity index (χ3v) is 5.58. The van der Waals surface area contributed by atoms with Gasteiger partial charge in [0.05, 0.1) is 6.10 Å². The van der Waals surface area contributed by atoms with Gasteiger partial charge in [-0.05, 0) is 55.7 Å². The van der Waals surface area contributed by atoms with E-state index in [2.05, 4.69) is 36.1 Å². The average Bonchev–Trinajstić information content (AvgIpc) is 3.26. The van der Waals surface area contributed by atoms with Crippen molar-refractivity contribution in [3.63, 3.8) is 0 Å². The summed E-state index contributed by atoms with van der Waals surface area (Å²) in [6, 6.07) is 15.9. The molecule has 2 aromatic carbocycles. The summed E-state index contributed by atoms with van der Waals surface area (Å²) in [5.74, 6) is 0.881. The van der Waals surface area contributed by atoms with Crippen molar-refractivity contribution >= 4 is 11.6 Å². The Bertz CT molecular complexity index is 792. The van der Waals surface area contributed by atoms with Crippen LogP contribution in [0, 0.1) is 6.92 Å². The average molecular weight is 380 g/mol. The Morgan fingerprint density at radius 1 is 1.07 bits per heavy atom. The Morgan fingerprint density at radius 2 is 1.82 bits per heavy atom. The van der Waals surface area contributed by atoms with Crippen LogP contribution >= 0.6 is 0 Å². The summed E-state index contributed by atoms with van der Waals surface area (Å²) < 4.78 is 11.4. The monoisotopic (exact) mass is 380 g/mol. The zero-order valence-corrected chi connectivity index (χ0v) is 16.5. The van der Waals surface area contributed by atoms with Crippen molar-refractivity contribution in [1.29, 1.82) is 0 Å². The number of benzene rings is 2. The number of hydrogen-bond donors (Lipinski definition) is 0. The first-order valence-corrected chi connectivity index (χ1v) is 10.1. The normalized spacial score (nSPS) is 19.7. The lowest BCUT2D eigenvalue weighted by Crippen LogP contribution is -2.49. The highest BCUT2D eigenvalue weighted by molar-refractivity contribution is 5.94. The predicted octanol–water partition coefficient (Wildman–Crippen LogP) is 3.52. The Morgan fingerprint density at radius 3 is 2.50 bits per heavy atom. The number of amides is 1. The van der Waals surface area contributed by atoms with Crippen LogP contribution in [0.2, 0.25) is 0 Å². The molecule has 0 radical (unpaired) electrons. The van der Waals surface area contributed by atoms with E-state index in [1.807, 2.05) is 29.2 Å². The number of ether oxygens (including phenoxy) is 2. The lowest BCUT2D eigenvalue weighted by molar-refractivity contribution is 0.0678. The van der Waals surface area contributed by atoms with Crippen LogP contribution < -0.4 is 9.64 Å². The number of piperazine rings is 1. The lowest BCUT2D eigenvalue weighted by Gasteiger charge is -2.36. The Hall–Kier alpha value is -2.53. The molecule has 2 saturated heterocycles. The van der Waals surface area contributed by atoms with E-state index < -0.39 is 0 Å². The van der Waals surface area contributed by atoms with Crippen molar-refractivity contribution < 1.29 is 14.3 Å². The smallest absolute Gasteiger partial charge is 0.253 e. The minimum Gasteiger partial charge on any atom is -0.491 e. The molecule has 0 aromatic heterocycles. The molecule has 0 unspecified atom stereocenters. The number of aryl methyl sites for hydroxylation is 1. The van der Waals surface area contributed by atoms with Gasteiger partial charge in [0.2, 0.25) is 0 Å². The van der Waals surface area contributed by atoms with Crippen molar-refractivity contribution in [3.8, 4) is 5.75 Å². The van der Waals surface area contributed by atoms with Crippen molar-refractivity contribution in [2.24, 2.45) is 0 Å². The van der Waals surface area contributed by atoms with Crippen molar-refractivity contribution in [1.82, 2.24) is 4.90 Å². The van der Waals surface area contributed by atoms with Crippen molar-refractivity contribution in [2.75, 3.05) is 44.3 Å². The van der Waals surface area contributed by atoms with Gasteiger partial charge < -0.3 is 19.3 Å². The van der Waals surface area contributed by atoms with Crippen LogP contribution in [0.5, 0.6) is 5.75 Å². The molecule has 2 heterocycles. The molecule has 0 spiro atoms. The second-order valence-electron chi connectivity index (χ2n) is 7.54. The zero-order chi connectivity index (χ0) is 19.3. The summed E-state index contributed by atoms with van der Waals surface area (Å²) in [5.41, 5.74) is 3.26. The molecule has 0 N–H and O–H groups in total. The van der Waals surface area contributed by atoms with Crippen LogP contribution in [-0.2, 0) is 4.74 Å². The Labute approximate surface area is 166 Å². The number of anilines is 1. The maximum Gasteiger partial charge on any atom is 0.253 e. The van der Waals surface area contributed by atoms with E-state index in [4.69, 9.17) is 9.47 Å². The van der Waals surface area contributed by atoms with E-state index in [0.717, 1.165) is 51.4 Å². The van der Waals surface area contributed by atoms with Crippen LogP contribution in [0.25, 0.3) is 0 Å². The van der Waals surface area contributed by atoms with Crippen LogP contribution in [0.4, 0.5) is 5.69 Å². The highest BCUT2D eigenvalue weighted by Gasteiger charge is 2.23. The first-order chi connectivity index (χ1) is 13.7. The highest BCUT2D eigenvalue weighted by Crippen LogP contribution is 2.22. The molecule has 1 amide bonds. The maximum absolute atomic E-state index is 12.8. The molecule has 5 nitrogen and oxygen atoms in total. The van der Waals surface area contributed by atoms with E-state index in [1.54, 1.807) is 0 Å². The summed E-state index contributed by atoms with van der Waals surface area (Å²) in [4.78, 5) is 17.1. The SMILES string of the molecule is Cc1ccccc1N1CCN(C(=O)c2ccc(OC[C@@H]3CCCO3)cc2)CC1. The molecule has 148 valence electrons. The first kappa shape index (κ1) is 18.8. The summed E-state index contributed by atoms with van der Waals surface area (Å²) in [6.45, 7) is 6.75. The molecule has 4 rings (SSSR count). The molecular formula is C23H28N2O3. The highest BCUT2D eigenvalue weighted by atomic mass is 16.5. The van der Waals surface area contributed by atoms with E-state index in [9.17, 15) is 4.79 Å². The van der Waals surface area contributed by atoms with Crippen molar-refractivity contribution in [2.45, 2.75) is 25.9 Å². The summed E-state index contributed by atoms with van der Waals surface area (Å²) >= 11 is 0.